The summed E-state index contributed by atoms with van der Waals surface area (Å²) in [6.45, 7) is 3.89. The molecule has 2 N–H and O–H groups in total. The summed E-state index contributed by atoms with van der Waals surface area (Å²) in [5, 5.41) is 11.7. The number of carbonyl (C=O) groups is 1. The Hall–Kier alpha value is -0.870. The van der Waals surface area contributed by atoms with Gasteiger partial charge in [0.15, 0.2) is 0 Å². The van der Waals surface area contributed by atoms with E-state index in [4.69, 9.17) is 5.11 Å². The van der Waals surface area contributed by atoms with Gasteiger partial charge in [-0.15, -0.1) is 0 Å². The first kappa shape index (κ1) is 7.24. The number of nitrogens with one attached hydrogen (secondary N) is 1. The summed E-state index contributed by atoms with van der Waals surface area (Å²) in [5.74, 6) is -0.596. The summed E-state index contributed by atoms with van der Waals surface area (Å²) in [4.78, 5) is 10.4. The van der Waals surface area contributed by atoms with Crippen LogP contribution in [-0.2, 0) is 9.53 Å². The Morgan fingerprint density at radius 2 is 2.60 bits per heavy atom. The van der Waals surface area contributed by atoms with Gasteiger partial charge in [0.05, 0.1) is 6.04 Å². The Kier molecular flexibility index (Phi) is 2.03. The second-order valence-corrected chi connectivity index (χ2v) is 2.05. The van der Waals surface area contributed by atoms with Crippen LogP contribution >= 0.6 is 0 Å². The van der Waals surface area contributed by atoms with Crippen LogP contribution in [-0.4, -0.2) is 30.0 Å². The third-order valence-electron chi connectivity index (χ3n) is 1.19. The third kappa shape index (κ3) is 1.82. The summed E-state index contributed by atoms with van der Waals surface area (Å²) < 4.78 is 4.46. The third-order valence-corrected chi connectivity index (χ3v) is 1.19. The van der Waals surface area contributed by atoms with Crippen LogP contribution in [0.4, 0.5) is 0 Å². The van der Waals surface area contributed by atoms with Gasteiger partial charge in [0, 0.05) is 12.6 Å². The molecular formula is C6H9NO3. The molecule has 2 atom stereocenters. The molecule has 0 aromatic rings. The Balaban J connectivity index is 2.22. The van der Waals surface area contributed by atoms with Crippen molar-refractivity contribution in [3.63, 3.8) is 0 Å². The minimum absolute atomic E-state index is 0.0797. The molecule has 1 heterocycles. The molecule has 10 heavy (non-hydrogen) atoms. The summed E-state index contributed by atoms with van der Waals surface area (Å²) in [6, 6.07) is -0.0797. The smallest absolute Gasteiger partial charge is 0.332 e. The van der Waals surface area contributed by atoms with Crippen molar-refractivity contribution in [1.29, 1.82) is 0 Å². The fourth-order valence-corrected chi connectivity index (χ4v) is 0.519. The van der Waals surface area contributed by atoms with Crippen LogP contribution in [0.2, 0.25) is 0 Å². The first-order valence-electron chi connectivity index (χ1n) is 2.98. The van der Waals surface area contributed by atoms with E-state index < -0.39 is 12.3 Å². The predicted octanol–water partition coefficient (Wildman–Crippen LogP) is -0.994. The van der Waals surface area contributed by atoms with Crippen LogP contribution in [0.1, 0.15) is 0 Å². The van der Waals surface area contributed by atoms with E-state index >= 15 is 0 Å². The highest BCUT2D eigenvalue weighted by molar-refractivity contribution is 5.81. The standard InChI is InChI=1S/C6H9NO3/c1-2-5(8)10-6(9)4-3-7-4/h2,4,6-7,9H,1,3H2. The maximum absolute atomic E-state index is 10.4. The Morgan fingerprint density at radius 1 is 2.00 bits per heavy atom. The van der Waals surface area contributed by atoms with Crippen molar-refractivity contribution in [2.24, 2.45) is 0 Å². The minimum atomic E-state index is -1.02. The summed E-state index contributed by atoms with van der Waals surface area (Å²) >= 11 is 0. The normalized spacial score (nSPS) is 25.1. The number of hydrogen-bond acceptors (Lipinski definition) is 4. The van der Waals surface area contributed by atoms with Crippen molar-refractivity contribution in [1.82, 2.24) is 5.32 Å². The molecule has 0 saturated carbocycles. The van der Waals surface area contributed by atoms with E-state index in [9.17, 15) is 4.79 Å². The molecule has 0 spiro atoms. The van der Waals surface area contributed by atoms with Gasteiger partial charge in [-0.1, -0.05) is 6.58 Å². The fourth-order valence-electron chi connectivity index (χ4n) is 0.519. The lowest BCUT2D eigenvalue weighted by Gasteiger charge is -2.06. The largest absolute Gasteiger partial charge is 0.431 e. The molecule has 1 rings (SSSR count). The van der Waals surface area contributed by atoms with Crippen molar-refractivity contribution in [3.8, 4) is 0 Å². The molecule has 0 aromatic heterocycles. The minimum Gasteiger partial charge on any atom is -0.431 e. The molecular weight excluding hydrogens is 134 g/mol. The highest BCUT2D eigenvalue weighted by Crippen LogP contribution is 2.05. The molecule has 4 heteroatoms. The van der Waals surface area contributed by atoms with Crippen LogP contribution < -0.4 is 5.32 Å². The molecule has 0 bridgehead atoms. The van der Waals surface area contributed by atoms with Crippen molar-refractivity contribution in [2.45, 2.75) is 12.3 Å². The van der Waals surface area contributed by atoms with Gasteiger partial charge in [0.1, 0.15) is 0 Å². The number of aliphatic hydroxyl groups excluding tert-OH is 1. The van der Waals surface area contributed by atoms with Crippen molar-refractivity contribution in [2.75, 3.05) is 6.54 Å². The number of aliphatic hydroxyl groups is 1. The summed E-state index contributed by atoms with van der Waals surface area (Å²) in [5.41, 5.74) is 0. The number of hydrogen-bond donors (Lipinski definition) is 2. The SMILES string of the molecule is C=CC(=O)OC(O)C1CN1. The monoisotopic (exact) mass is 143 g/mol. The number of ether oxygens (including phenoxy) is 1. The molecule has 56 valence electrons. The van der Waals surface area contributed by atoms with Gasteiger partial charge in [0.25, 0.3) is 0 Å². The van der Waals surface area contributed by atoms with E-state index in [2.05, 4.69) is 16.6 Å². The van der Waals surface area contributed by atoms with Crippen molar-refractivity contribution in [3.05, 3.63) is 12.7 Å². The maximum Gasteiger partial charge on any atom is 0.332 e. The highest BCUT2D eigenvalue weighted by atomic mass is 16.6. The molecule has 1 fully saturated rings. The number of esters is 1. The van der Waals surface area contributed by atoms with E-state index in [1.807, 2.05) is 0 Å². The van der Waals surface area contributed by atoms with Gasteiger partial charge in [-0.2, -0.15) is 0 Å². The fraction of sp³-hybridized carbons (Fsp3) is 0.500. The molecule has 0 aliphatic carbocycles. The lowest BCUT2D eigenvalue weighted by atomic mass is 10.4. The average molecular weight is 143 g/mol. The second-order valence-electron chi connectivity index (χ2n) is 2.05. The number of rotatable bonds is 3. The highest BCUT2D eigenvalue weighted by Gasteiger charge is 2.31. The summed E-state index contributed by atoms with van der Waals surface area (Å²) in [6.07, 6.45) is -0.00324. The van der Waals surface area contributed by atoms with Crippen LogP contribution in [0.15, 0.2) is 12.7 Å². The van der Waals surface area contributed by atoms with Crippen molar-refractivity contribution >= 4 is 5.97 Å². The average Bonchev–Trinajstić information content (AvgIpc) is 2.68. The van der Waals surface area contributed by atoms with Gasteiger partial charge >= 0.3 is 5.97 Å². The maximum atomic E-state index is 10.4. The van der Waals surface area contributed by atoms with E-state index in [-0.39, 0.29) is 6.04 Å². The lowest BCUT2D eigenvalue weighted by Crippen LogP contribution is -2.23. The number of carbonyl (C=O) groups excluding carboxylic acids is 1. The van der Waals surface area contributed by atoms with Gasteiger partial charge in [0.2, 0.25) is 6.29 Å². The lowest BCUT2D eigenvalue weighted by molar-refractivity contribution is -0.161. The van der Waals surface area contributed by atoms with Crippen LogP contribution in [0.3, 0.4) is 0 Å². The van der Waals surface area contributed by atoms with Gasteiger partial charge < -0.3 is 15.2 Å². The zero-order valence-electron chi connectivity index (χ0n) is 5.41. The molecule has 0 amide bonds. The molecule has 2 unspecified atom stereocenters. The zero-order chi connectivity index (χ0) is 7.56. The van der Waals surface area contributed by atoms with Crippen LogP contribution in [0, 0.1) is 0 Å². The second kappa shape index (κ2) is 2.81. The van der Waals surface area contributed by atoms with Gasteiger partial charge in [-0.3, -0.25) is 0 Å². The Labute approximate surface area is 58.5 Å². The Bertz CT molecular complexity index is 153. The quantitative estimate of drug-likeness (QED) is 0.230. The Morgan fingerprint density at radius 3 is 3.00 bits per heavy atom. The van der Waals surface area contributed by atoms with E-state index in [0.29, 0.717) is 6.54 Å². The topological polar surface area (TPSA) is 68.5 Å². The summed E-state index contributed by atoms with van der Waals surface area (Å²) in [7, 11) is 0. The van der Waals surface area contributed by atoms with Crippen LogP contribution in [0.5, 0.6) is 0 Å². The molecule has 1 saturated heterocycles. The van der Waals surface area contributed by atoms with E-state index in [1.165, 1.54) is 0 Å². The first-order chi connectivity index (χ1) is 4.74. The predicted molar refractivity (Wildman–Crippen MR) is 34.1 cm³/mol. The van der Waals surface area contributed by atoms with E-state index in [0.717, 1.165) is 6.08 Å². The molecule has 1 aliphatic rings. The van der Waals surface area contributed by atoms with E-state index in [1.54, 1.807) is 0 Å². The zero-order valence-corrected chi connectivity index (χ0v) is 5.41. The molecule has 0 radical (unpaired) electrons. The van der Waals surface area contributed by atoms with Gasteiger partial charge in [-0.05, 0) is 0 Å². The molecule has 4 nitrogen and oxygen atoms in total. The van der Waals surface area contributed by atoms with Gasteiger partial charge in [-0.25, -0.2) is 4.79 Å². The molecule has 1 aliphatic heterocycles. The first-order valence-corrected chi connectivity index (χ1v) is 2.98. The molecule has 0 aromatic carbocycles. The van der Waals surface area contributed by atoms with Crippen LogP contribution in [0.25, 0.3) is 0 Å². The van der Waals surface area contributed by atoms with Crippen molar-refractivity contribution < 1.29 is 14.6 Å².